The maximum atomic E-state index is 11.6. The number of esters is 1. The van der Waals surface area contributed by atoms with E-state index in [1.54, 1.807) is 19.1 Å². The zero-order valence-corrected chi connectivity index (χ0v) is 17.0. The lowest BCUT2D eigenvalue weighted by atomic mass is 10.2. The molecule has 0 unspecified atom stereocenters. The maximum absolute atomic E-state index is 11.6. The van der Waals surface area contributed by atoms with Crippen LogP contribution in [0.1, 0.15) is 28.8 Å². The number of hydrogen-bond donors (Lipinski definition) is 1. The summed E-state index contributed by atoms with van der Waals surface area (Å²) in [6.07, 6.45) is 0. The lowest BCUT2D eigenvalue weighted by Crippen LogP contribution is -2.35. The predicted molar refractivity (Wildman–Crippen MR) is 108 cm³/mol. The number of rotatable bonds is 6. The molecule has 2 rings (SSSR count). The Balaban J connectivity index is 0.00000312. The molecule has 6 nitrogen and oxygen atoms in total. The van der Waals surface area contributed by atoms with E-state index in [1.807, 2.05) is 49.3 Å². The zero-order chi connectivity index (χ0) is 17.4. The fourth-order valence-electron chi connectivity index (χ4n) is 2.06. The third kappa shape index (κ3) is 6.77. The van der Waals surface area contributed by atoms with Crippen molar-refractivity contribution in [1.82, 2.24) is 10.2 Å². The number of carbonyl (C=O) groups excluding carboxylic acids is 1. The highest BCUT2D eigenvalue weighted by atomic mass is 127. The SMILES string of the molecule is CCOC(=O)c1ccc(CNC(=NCc2ccccc2)N(C)C)o1.I. The molecule has 1 aromatic heterocycles. The molecule has 0 bridgehead atoms. The molecule has 0 radical (unpaired) electrons. The number of aliphatic imine (C=N–C) groups is 1. The first-order chi connectivity index (χ1) is 11.6. The third-order valence-corrected chi connectivity index (χ3v) is 3.24. The van der Waals surface area contributed by atoms with Crippen molar-refractivity contribution in [2.75, 3.05) is 20.7 Å². The van der Waals surface area contributed by atoms with Gasteiger partial charge in [-0.05, 0) is 24.6 Å². The Bertz CT molecular complexity index is 684. The van der Waals surface area contributed by atoms with Crippen LogP contribution in [-0.2, 0) is 17.8 Å². The molecule has 0 fully saturated rings. The summed E-state index contributed by atoms with van der Waals surface area (Å²) in [6.45, 7) is 3.11. The molecule has 2 aromatic rings. The van der Waals surface area contributed by atoms with E-state index >= 15 is 0 Å². The molecular formula is C18H24IN3O3. The fraction of sp³-hybridized carbons (Fsp3) is 0.333. The number of nitrogens with one attached hydrogen (secondary N) is 1. The summed E-state index contributed by atoms with van der Waals surface area (Å²) in [5.74, 6) is 1.15. The Morgan fingerprint density at radius 1 is 1.20 bits per heavy atom. The molecule has 0 saturated heterocycles. The van der Waals surface area contributed by atoms with Crippen molar-refractivity contribution >= 4 is 35.9 Å². The quantitative estimate of drug-likeness (QED) is 0.312. The summed E-state index contributed by atoms with van der Waals surface area (Å²) in [7, 11) is 3.84. The number of furan rings is 1. The van der Waals surface area contributed by atoms with E-state index in [0.29, 0.717) is 25.5 Å². The van der Waals surface area contributed by atoms with Crippen LogP contribution in [0.3, 0.4) is 0 Å². The molecule has 0 aliphatic carbocycles. The average molecular weight is 457 g/mol. The first-order valence-electron chi connectivity index (χ1n) is 7.85. The van der Waals surface area contributed by atoms with Gasteiger partial charge in [0.1, 0.15) is 5.76 Å². The van der Waals surface area contributed by atoms with Crippen LogP contribution in [0.5, 0.6) is 0 Å². The van der Waals surface area contributed by atoms with Crippen molar-refractivity contribution in [3.8, 4) is 0 Å². The van der Waals surface area contributed by atoms with Gasteiger partial charge < -0.3 is 19.4 Å². The van der Waals surface area contributed by atoms with E-state index in [9.17, 15) is 4.79 Å². The van der Waals surface area contributed by atoms with E-state index in [-0.39, 0.29) is 29.7 Å². The Morgan fingerprint density at radius 3 is 2.56 bits per heavy atom. The number of ether oxygens (including phenoxy) is 1. The molecule has 0 amide bonds. The average Bonchev–Trinajstić information content (AvgIpc) is 3.05. The molecule has 7 heteroatoms. The highest BCUT2D eigenvalue weighted by Crippen LogP contribution is 2.09. The van der Waals surface area contributed by atoms with Crippen LogP contribution >= 0.6 is 24.0 Å². The van der Waals surface area contributed by atoms with Crippen molar-refractivity contribution in [1.29, 1.82) is 0 Å². The van der Waals surface area contributed by atoms with Gasteiger partial charge in [-0.3, -0.25) is 0 Å². The van der Waals surface area contributed by atoms with Gasteiger partial charge in [0, 0.05) is 14.1 Å². The Hall–Kier alpha value is -2.03. The number of guanidine groups is 1. The second-order valence-corrected chi connectivity index (χ2v) is 5.36. The molecule has 0 atom stereocenters. The summed E-state index contributed by atoms with van der Waals surface area (Å²) in [5.41, 5.74) is 1.14. The second-order valence-electron chi connectivity index (χ2n) is 5.36. The Kier molecular flexibility index (Phi) is 9.04. The molecule has 25 heavy (non-hydrogen) atoms. The summed E-state index contributed by atoms with van der Waals surface area (Å²) in [4.78, 5) is 18.1. The summed E-state index contributed by atoms with van der Waals surface area (Å²) < 4.78 is 10.4. The minimum atomic E-state index is -0.450. The topological polar surface area (TPSA) is 67.1 Å². The summed E-state index contributed by atoms with van der Waals surface area (Å²) >= 11 is 0. The van der Waals surface area contributed by atoms with E-state index in [0.717, 1.165) is 11.5 Å². The number of benzene rings is 1. The van der Waals surface area contributed by atoms with Gasteiger partial charge >= 0.3 is 5.97 Å². The van der Waals surface area contributed by atoms with Gasteiger partial charge in [0.05, 0.1) is 19.7 Å². The molecule has 0 aliphatic heterocycles. The first-order valence-corrected chi connectivity index (χ1v) is 7.85. The van der Waals surface area contributed by atoms with Crippen molar-refractivity contribution in [2.24, 2.45) is 4.99 Å². The third-order valence-electron chi connectivity index (χ3n) is 3.24. The van der Waals surface area contributed by atoms with Gasteiger partial charge in [-0.15, -0.1) is 24.0 Å². The van der Waals surface area contributed by atoms with Crippen LogP contribution in [0.15, 0.2) is 51.9 Å². The number of nitrogens with zero attached hydrogens (tertiary/aromatic N) is 2. The van der Waals surface area contributed by atoms with E-state index < -0.39 is 5.97 Å². The molecule has 0 aliphatic rings. The van der Waals surface area contributed by atoms with Crippen molar-refractivity contribution in [3.05, 3.63) is 59.5 Å². The molecule has 1 heterocycles. The molecule has 1 N–H and O–H groups in total. The van der Waals surface area contributed by atoms with Gasteiger partial charge in [-0.2, -0.15) is 0 Å². The smallest absolute Gasteiger partial charge is 0.374 e. The van der Waals surface area contributed by atoms with Gasteiger partial charge in [0.15, 0.2) is 5.96 Å². The molecular weight excluding hydrogens is 433 g/mol. The van der Waals surface area contributed by atoms with Gasteiger partial charge in [0.2, 0.25) is 5.76 Å². The second kappa shape index (κ2) is 10.8. The van der Waals surface area contributed by atoms with Crippen molar-refractivity contribution in [2.45, 2.75) is 20.0 Å². The van der Waals surface area contributed by atoms with Crippen LogP contribution in [0.2, 0.25) is 0 Å². The summed E-state index contributed by atoms with van der Waals surface area (Å²) in [6, 6.07) is 13.4. The maximum Gasteiger partial charge on any atom is 0.374 e. The standard InChI is InChI=1S/C18H23N3O3.HI/c1-4-23-17(22)16-11-10-15(24-16)13-20-18(21(2)3)19-12-14-8-6-5-7-9-14;/h5-11H,4,12-13H2,1-3H3,(H,19,20);1H. The Morgan fingerprint density at radius 2 is 1.92 bits per heavy atom. The van der Waals surface area contributed by atoms with Crippen molar-refractivity contribution < 1.29 is 13.9 Å². The van der Waals surface area contributed by atoms with Crippen LogP contribution in [0.25, 0.3) is 0 Å². The van der Waals surface area contributed by atoms with Crippen LogP contribution in [0.4, 0.5) is 0 Å². The lowest BCUT2D eigenvalue weighted by Gasteiger charge is -2.17. The fourth-order valence-corrected chi connectivity index (χ4v) is 2.06. The van der Waals surface area contributed by atoms with Gasteiger partial charge in [-0.25, -0.2) is 9.79 Å². The number of halogens is 1. The van der Waals surface area contributed by atoms with Gasteiger partial charge in [0.25, 0.3) is 0 Å². The zero-order valence-electron chi connectivity index (χ0n) is 14.7. The molecule has 0 saturated carbocycles. The number of carbonyl (C=O) groups is 1. The predicted octanol–water partition coefficient (Wildman–Crippen LogP) is 3.28. The van der Waals surface area contributed by atoms with E-state index in [4.69, 9.17) is 9.15 Å². The lowest BCUT2D eigenvalue weighted by molar-refractivity contribution is 0.0488. The Labute approximate surface area is 165 Å². The highest BCUT2D eigenvalue weighted by molar-refractivity contribution is 14.0. The molecule has 136 valence electrons. The van der Waals surface area contributed by atoms with Crippen molar-refractivity contribution in [3.63, 3.8) is 0 Å². The van der Waals surface area contributed by atoms with Crippen LogP contribution in [0, 0.1) is 0 Å². The minimum absolute atomic E-state index is 0. The summed E-state index contributed by atoms with van der Waals surface area (Å²) in [5, 5.41) is 3.22. The van der Waals surface area contributed by atoms with E-state index in [1.165, 1.54) is 0 Å². The monoisotopic (exact) mass is 457 g/mol. The normalized spacial score (nSPS) is 10.8. The molecule has 0 spiro atoms. The van der Waals surface area contributed by atoms with Gasteiger partial charge in [-0.1, -0.05) is 30.3 Å². The largest absolute Gasteiger partial charge is 0.460 e. The van der Waals surface area contributed by atoms with Crippen LogP contribution in [-0.4, -0.2) is 37.5 Å². The van der Waals surface area contributed by atoms with Crippen LogP contribution < -0.4 is 5.32 Å². The number of hydrogen-bond acceptors (Lipinski definition) is 4. The molecule has 1 aromatic carbocycles. The minimum Gasteiger partial charge on any atom is -0.460 e. The van der Waals surface area contributed by atoms with E-state index in [2.05, 4.69) is 10.3 Å². The first kappa shape index (κ1) is 21.0. The highest BCUT2D eigenvalue weighted by Gasteiger charge is 2.12.